The number of hydrogen-bond donors (Lipinski definition) is 1. The van der Waals surface area contributed by atoms with Crippen molar-refractivity contribution in [1.82, 2.24) is 0 Å². The van der Waals surface area contributed by atoms with Crippen molar-refractivity contribution < 1.29 is 4.74 Å². The molecule has 0 heterocycles. The minimum atomic E-state index is 0.0195. The molecule has 2 heteroatoms. The second-order valence-corrected chi connectivity index (χ2v) is 4.47. The third-order valence-corrected chi connectivity index (χ3v) is 2.98. The molecule has 0 radical (unpaired) electrons. The van der Waals surface area contributed by atoms with E-state index >= 15 is 0 Å². The number of para-hydroxylation sites is 1. The van der Waals surface area contributed by atoms with E-state index < -0.39 is 0 Å². The molecule has 0 aliphatic carbocycles. The van der Waals surface area contributed by atoms with Gasteiger partial charge in [-0.2, -0.15) is 0 Å². The molecule has 2 rings (SSSR count). The van der Waals surface area contributed by atoms with Crippen LogP contribution in [0.4, 0.5) is 0 Å². The number of nitrogens with two attached hydrogens (primary N) is 1. The van der Waals surface area contributed by atoms with Crippen LogP contribution in [0.2, 0.25) is 0 Å². The van der Waals surface area contributed by atoms with Crippen molar-refractivity contribution in [3.05, 3.63) is 59.7 Å². The zero-order valence-electron chi connectivity index (χ0n) is 10.9. The Morgan fingerprint density at radius 1 is 1.11 bits per heavy atom. The summed E-state index contributed by atoms with van der Waals surface area (Å²) >= 11 is 0. The van der Waals surface area contributed by atoms with E-state index in [0.29, 0.717) is 0 Å². The summed E-state index contributed by atoms with van der Waals surface area (Å²) in [7, 11) is 0. The number of benzene rings is 2. The SMILES string of the molecule is CC[C@H](N)c1ccccc1Oc1cccc(C)c1. The Morgan fingerprint density at radius 3 is 2.61 bits per heavy atom. The standard InChI is InChI=1S/C16H19NO/c1-3-15(17)14-9-4-5-10-16(14)18-13-8-6-7-12(2)11-13/h4-11,15H,3,17H2,1-2H3/t15-/m0/s1. The van der Waals surface area contributed by atoms with E-state index in [1.54, 1.807) is 0 Å². The molecule has 0 saturated heterocycles. The highest BCUT2D eigenvalue weighted by molar-refractivity contribution is 5.40. The summed E-state index contributed by atoms with van der Waals surface area (Å²) in [5.74, 6) is 1.70. The molecule has 94 valence electrons. The second-order valence-electron chi connectivity index (χ2n) is 4.47. The Hall–Kier alpha value is -1.80. The van der Waals surface area contributed by atoms with Crippen molar-refractivity contribution in [1.29, 1.82) is 0 Å². The third-order valence-electron chi connectivity index (χ3n) is 2.98. The molecule has 1 atom stereocenters. The first-order valence-corrected chi connectivity index (χ1v) is 6.29. The van der Waals surface area contributed by atoms with Crippen molar-refractivity contribution in [2.45, 2.75) is 26.3 Å². The molecule has 0 aliphatic rings. The van der Waals surface area contributed by atoms with E-state index in [4.69, 9.17) is 10.5 Å². The lowest BCUT2D eigenvalue weighted by Crippen LogP contribution is -2.09. The van der Waals surface area contributed by atoms with E-state index in [-0.39, 0.29) is 6.04 Å². The van der Waals surface area contributed by atoms with Crippen LogP contribution < -0.4 is 10.5 Å². The normalized spacial score (nSPS) is 12.2. The molecule has 0 saturated carbocycles. The molecule has 2 aromatic rings. The van der Waals surface area contributed by atoms with Gasteiger partial charge in [-0.05, 0) is 37.1 Å². The minimum Gasteiger partial charge on any atom is -0.457 e. The monoisotopic (exact) mass is 241 g/mol. The van der Waals surface area contributed by atoms with Crippen LogP contribution in [0.5, 0.6) is 11.5 Å². The van der Waals surface area contributed by atoms with Gasteiger partial charge < -0.3 is 10.5 Å². The Bertz CT molecular complexity index is 522. The van der Waals surface area contributed by atoms with E-state index in [0.717, 1.165) is 23.5 Å². The van der Waals surface area contributed by atoms with E-state index in [2.05, 4.69) is 19.9 Å². The summed E-state index contributed by atoms with van der Waals surface area (Å²) in [6, 6.07) is 16.0. The predicted molar refractivity (Wildman–Crippen MR) is 74.9 cm³/mol. The molecule has 0 spiro atoms. The van der Waals surface area contributed by atoms with Crippen molar-refractivity contribution in [3.8, 4) is 11.5 Å². The molecule has 0 fully saturated rings. The topological polar surface area (TPSA) is 35.2 Å². The molecule has 0 aromatic heterocycles. The van der Waals surface area contributed by atoms with Gasteiger partial charge in [-0.15, -0.1) is 0 Å². The van der Waals surface area contributed by atoms with E-state index in [1.165, 1.54) is 5.56 Å². The lowest BCUT2D eigenvalue weighted by molar-refractivity contribution is 0.468. The van der Waals surface area contributed by atoms with E-state index in [9.17, 15) is 0 Å². The maximum absolute atomic E-state index is 6.10. The summed E-state index contributed by atoms with van der Waals surface area (Å²) in [6.45, 7) is 4.13. The molecule has 0 unspecified atom stereocenters. The van der Waals surface area contributed by atoms with Gasteiger partial charge >= 0.3 is 0 Å². The van der Waals surface area contributed by atoms with Crippen molar-refractivity contribution >= 4 is 0 Å². The summed E-state index contributed by atoms with van der Waals surface area (Å²) in [6.07, 6.45) is 0.897. The predicted octanol–water partition coefficient (Wildman–Crippen LogP) is 4.20. The minimum absolute atomic E-state index is 0.0195. The molecule has 2 nitrogen and oxygen atoms in total. The first kappa shape index (κ1) is 12.7. The lowest BCUT2D eigenvalue weighted by Gasteiger charge is -2.15. The number of ether oxygens (including phenoxy) is 1. The first-order valence-electron chi connectivity index (χ1n) is 6.29. The highest BCUT2D eigenvalue weighted by Gasteiger charge is 2.10. The Kier molecular flexibility index (Phi) is 4.00. The van der Waals surface area contributed by atoms with Crippen LogP contribution in [-0.2, 0) is 0 Å². The smallest absolute Gasteiger partial charge is 0.132 e. The fraction of sp³-hybridized carbons (Fsp3) is 0.250. The van der Waals surface area contributed by atoms with E-state index in [1.807, 2.05) is 42.5 Å². The molecular weight excluding hydrogens is 222 g/mol. The molecule has 0 bridgehead atoms. The van der Waals surface area contributed by atoms with Crippen LogP contribution in [0.3, 0.4) is 0 Å². The van der Waals surface area contributed by atoms with Crippen LogP contribution in [0.25, 0.3) is 0 Å². The summed E-state index contributed by atoms with van der Waals surface area (Å²) in [4.78, 5) is 0. The highest BCUT2D eigenvalue weighted by atomic mass is 16.5. The maximum atomic E-state index is 6.10. The third kappa shape index (κ3) is 2.90. The van der Waals surface area contributed by atoms with Gasteiger partial charge in [0.1, 0.15) is 11.5 Å². The molecule has 2 N–H and O–H groups in total. The summed E-state index contributed by atoms with van der Waals surface area (Å²) in [5.41, 5.74) is 8.34. The maximum Gasteiger partial charge on any atom is 0.132 e. The van der Waals surface area contributed by atoms with Crippen LogP contribution in [0.15, 0.2) is 48.5 Å². The molecule has 2 aromatic carbocycles. The Labute approximate surface area is 108 Å². The average molecular weight is 241 g/mol. The van der Waals surface area contributed by atoms with Gasteiger partial charge in [0.05, 0.1) is 0 Å². The van der Waals surface area contributed by atoms with Crippen LogP contribution >= 0.6 is 0 Å². The van der Waals surface area contributed by atoms with Crippen LogP contribution in [0, 0.1) is 6.92 Å². The fourth-order valence-corrected chi connectivity index (χ4v) is 1.91. The van der Waals surface area contributed by atoms with Gasteiger partial charge in [-0.1, -0.05) is 37.3 Å². The zero-order valence-corrected chi connectivity index (χ0v) is 10.9. The zero-order chi connectivity index (χ0) is 13.0. The Balaban J connectivity index is 2.29. The summed E-state index contributed by atoms with van der Waals surface area (Å²) in [5, 5.41) is 0. The van der Waals surface area contributed by atoms with Crippen molar-refractivity contribution in [2.75, 3.05) is 0 Å². The van der Waals surface area contributed by atoms with Crippen LogP contribution in [0.1, 0.15) is 30.5 Å². The molecule has 18 heavy (non-hydrogen) atoms. The van der Waals surface area contributed by atoms with Gasteiger partial charge in [0.15, 0.2) is 0 Å². The number of rotatable bonds is 4. The summed E-state index contributed by atoms with van der Waals surface area (Å²) < 4.78 is 5.93. The van der Waals surface area contributed by atoms with Gasteiger partial charge in [-0.3, -0.25) is 0 Å². The van der Waals surface area contributed by atoms with Crippen molar-refractivity contribution in [2.24, 2.45) is 5.73 Å². The average Bonchev–Trinajstić information content (AvgIpc) is 2.38. The number of hydrogen-bond acceptors (Lipinski definition) is 2. The number of aryl methyl sites for hydroxylation is 1. The Morgan fingerprint density at radius 2 is 1.89 bits per heavy atom. The van der Waals surface area contributed by atoms with Gasteiger partial charge in [0.25, 0.3) is 0 Å². The van der Waals surface area contributed by atoms with Crippen molar-refractivity contribution in [3.63, 3.8) is 0 Å². The second kappa shape index (κ2) is 5.69. The van der Waals surface area contributed by atoms with Gasteiger partial charge in [0.2, 0.25) is 0 Å². The quantitative estimate of drug-likeness (QED) is 0.870. The van der Waals surface area contributed by atoms with Gasteiger partial charge in [-0.25, -0.2) is 0 Å². The molecule has 0 amide bonds. The molecular formula is C16H19NO. The highest BCUT2D eigenvalue weighted by Crippen LogP contribution is 2.30. The van der Waals surface area contributed by atoms with Crippen LogP contribution in [-0.4, -0.2) is 0 Å². The fourth-order valence-electron chi connectivity index (χ4n) is 1.91. The molecule has 0 aliphatic heterocycles. The largest absolute Gasteiger partial charge is 0.457 e. The first-order chi connectivity index (χ1) is 8.70. The lowest BCUT2D eigenvalue weighted by atomic mass is 10.0. The van der Waals surface area contributed by atoms with Gasteiger partial charge in [0, 0.05) is 11.6 Å².